The number of hydrogen-bond donors (Lipinski definition) is 1. The van der Waals surface area contributed by atoms with Gasteiger partial charge in [0.1, 0.15) is 23.7 Å². The van der Waals surface area contributed by atoms with Gasteiger partial charge in [0.15, 0.2) is 12.2 Å². The van der Waals surface area contributed by atoms with Gasteiger partial charge in [0.2, 0.25) is 0 Å². The molecule has 3 aromatic rings. The van der Waals surface area contributed by atoms with Gasteiger partial charge in [-0.2, -0.15) is 0 Å². The van der Waals surface area contributed by atoms with E-state index in [2.05, 4.69) is 19.7 Å². The quantitative estimate of drug-likeness (QED) is 0.713. The Morgan fingerprint density at radius 1 is 1.33 bits per heavy atom. The van der Waals surface area contributed by atoms with Gasteiger partial charge in [0.05, 0.1) is 19.3 Å². The zero-order valence-electron chi connectivity index (χ0n) is 12.5. The van der Waals surface area contributed by atoms with Crippen LogP contribution in [0.25, 0.3) is 0 Å². The molecule has 0 aliphatic heterocycles. The number of aliphatic hydroxyl groups excluding tert-OH is 1. The number of nitrogens with zero attached hydrogens (tertiary/aromatic N) is 4. The molecule has 0 unspecified atom stereocenters. The first-order chi connectivity index (χ1) is 11.7. The standard InChI is InChI=1S/C15H14F2N4O3/c16-15(17)14-13(18-9-24-14)6-21-5-11(19-20-21)8-23-12-3-1-2-10(4-12)7-22/h1-5,9,15,22H,6-8H2. The van der Waals surface area contributed by atoms with Crippen LogP contribution in [0.3, 0.4) is 0 Å². The maximum Gasteiger partial charge on any atom is 0.297 e. The highest BCUT2D eigenvalue weighted by atomic mass is 19.3. The van der Waals surface area contributed by atoms with Gasteiger partial charge in [-0.3, -0.25) is 0 Å². The molecule has 0 saturated carbocycles. The van der Waals surface area contributed by atoms with E-state index in [1.54, 1.807) is 30.5 Å². The number of aliphatic hydroxyl groups is 1. The van der Waals surface area contributed by atoms with Crippen LogP contribution in [0.1, 0.15) is 29.1 Å². The fourth-order valence-corrected chi connectivity index (χ4v) is 2.10. The molecule has 3 rings (SSSR count). The second-order valence-electron chi connectivity index (χ2n) is 4.97. The molecule has 0 fully saturated rings. The third-order valence-electron chi connectivity index (χ3n) is 3.24. The molecule has 0 amide bonds. The van der Waals surface area contributed by atoms with E-state index < -0.39 is 12.2 Å². The summed E-state index contributed by atoms with van der Waals surface area (Å²) in [5.41, 5.74) is 1.38. The summed E-state index contributed by atoms with van der Waals surface area (Å²) in [5.74, 6) is 0.122. The molecule has 2 aromatic heterocycles. The number of oxazole rings is 1. The molecule has 0 saturated heterocycles. The minimum Gasteiger partial charge on any atom is -0.487 e. The maximum absolute atomic E-state index is 12.7. The van der Waals surface area contributed by atoms with Crippen LogP contribution in [0.2, 0.25) is 0 Å². The number of hydrogen-bond acceptors (Lipinski definition) is 6. The molecule has 0 radical (unpaired) electrons. The van der Waals surface area contributed by atoms with Crippen molar-refractivity contribution >= 4 is 0 Å². The fraction of sp³-hybridized carbons (Fsp3) is 0.267. The summed E-state index contributed by atoms with van der Waals surface area (Å²) in [6.07, 6.45) is -0.168. The lowest BCUT2D eigenvalue weighted by Gasteiger charge is -2.05. The smallest absolute Gasteiger partial charge is 0.297 e. The molecule has 0 atom stereocenters. The lowest BCUT2D eigenvalue weighted by atomic mass is 10.2. The Balaban J connectivity index is 1.62. The highest BCUT2D eigenvalue weighted by molar-refractivity contribution is 5.28. The van der Waals surface area contributed by atoms with Crippen LogP contribution in [0.5, 0.6) is 5.75 Å². The molecule has 0 aliphatic carbocycles. The van der Waals surface area contributed by atoms with Gasteiger partial charge in [0.25, 0.3) is 6.43 Å². The highest BCUT2D eigenvalue weighted by Gasteiger charge is 2.19. The molecular weight excluding hydrogens is 322 g/mol. The number of ether oxygens (including phenoxy) is 1. The first-order valence-corrected chi connectivity index (χ1v) is 7.07. The first-order valence-electron chi connectivity index (χ1n) is 7.07. The summed E-state index contributed by atoms with van der Waals surface area (Å²) in [6, 6.07) is 7.03. The molecule has 0 aliphatic rings. The lowest BCUT2D eigenvalue weighted by molar-refractivity contribution is 0.120. The summed E-state index contributed by atoms with van der Waals surface area (Å²) in [4.78, 5) is 3.76. The van der Waals surface area contributed by atoms with Crippen molar-refractivity contribution in [2.45, 2.75) is 26.2 Å². The second kappa shape index (κ2) is 7.18. The molecule has 9 heteroatoms. The van der Waals surface area contributed by atoms with E-state index in [0.29, 0.717) is 11.4 Å². The molecule has 2 heterocycles. The normalized spacial score (nSPS) is 11.2. The van der Waals surface area contributed by atoms with Crippen LogP contribution >= 0.6 is 0 Å². The van der Waals surface area contributed by atoms with E-state index in [1.165, 1.54) is 4.68 Å². The van der Waals surface area contributed by atoms with E-state index in [-0.39, 0.29) is 25.5 Å². The zero-order valence-corrected chi connectivity index (χ0v) is 12.5. The molecule has 126 valence electrons. The van der Waals surface area contributed by atoms with Crippen molar-refractivity contribution in [2.24, 2.45) is 0 Å². The van der Waals surface area contributed by atoms with E-state index in [4.69, 9.17) is 9.84 Å². The molecule has 0 bridgehead atoms. The zero-order chi connectivity index (χ0) is 16.9. The molecule has 7 nitrogen and oxygen atoms in total. The Labute approximate surface area is 135 Å². The highest BCUT2D eigenvalue weighted by Crippen LogP contribution is 2.22. The van der Waals surface area contributed by atoms with Gasteiger partial charge in [0, 0.05) is 0 Å². The van der Waals surface area contributed by atoms with Crippen LogP contribution in [0.4, 0.5) is 8.78 Å². The van der Waals surface area contributed by atoms with Crippen LogP contribution in [-0.4, -0.2) is 25.1 Å². The average Bonchev–Trinajstić information content (AvgIpc) is 3.23. The maximum atomic E-state index is 12.7. The Kier molecular flexibility index (Phi) is 4.80. The predicted octanol–water partition coefficient (Wildman–Crippen LogP) is 2.32. The predicted molar refractivity (Wildman–Crippen MR) is 77.3 cm³/mol. The minimum absolute atomic E-state index is 0.0309. The Morgan fingerprint density at radius 2 is 2.21 bits per heavy atom. The number of halogens is 2. The van der Waals surface area contributed by atoms with Crippen molar-refractivity contribution in [3.05, 3.63) is 59.6 Å². The third kappa shape index (κ3) is 3.74. The van der Waals surface area contributed by atoms with E-state index in [1.807, 2.05) is 0 Å². The lowest BCUT2D eigenvalue weighted by Crippen LogP contribution is -2.03. The SMILES string of the molecule is OCc1cccc(OCc2cn(Cc3ncoc3C(F)F)nn2)c1. The molecule has 1 aromatic carbocycles. The van der Waals surface area contributed by atoms with Crippen molar-refractivity contribution in [2.75, 3.05) is 0 Å². The van der Waals surface area contributed by atoms with Gasteiger partial charge in [-0.1, -0.05) is 17.3 Å². The van der Waals surface area contributed by atoms with Crippen molar-refractivity contribution in [3.63, 3.8) is 0 Å². The Hall–Kier alpha value is -2.81. The molecular formula is C15H14F2N4O3. The number of benzene rings is 1. The molecule has 24 heavy (non-hydrogen) atoms. The number of rotatable bonds is 7. The van der Waals surface area contributed by atoms with Gasteiger partial charge in [-0.05, 0) is 17.7 Å². The van der Waals surface area contributed by atoms with Crippen molar-refractivity contribution < 1.29 is 23.0 Å². The van der Waals surface area contributed by atoms with E-state index >= 15 is 0 Å². The van der Waals surface area contributed by atoms with Crippen LogP contribution in [-0.2, 0) is 19.8 Å². The Morgan fingerprint density at radius 3 is 3.00 bits per heavy atom. The van der Waals surface area contributed by atoms with Crippen molar-refractivity contribution in [1.82, 2.24) is 20.0 Å². The summed E-state index contributed by atoms with van der Waals surface area (Å²) in [5, 5.41) is 16.9. The van der Waals surface area contributed by atoms with Crippen LogP contribution < -0.4 is 4.74 Å². The Bertz CT molecular complexity index is 803. The van der Waals surface area contributed by atoms with Crippen LogP contribution in [0, 0.1) is 0 Å². The third-order valence-corrected chi connectivity index (χ3v) is 3.24. The molecule has 1 N–H and O–H groups in total. The van der Waals surface area contributed by atoms with Crippen LogP contribution in [0.15, 0.2) is 41.3 Å². The van der Waals surface area contributed by atoms with Gasteiger partial charge < -0.3 is 14.3 Å². The van der Waals surface area contributed by atoms with Crippen molar-refractivity contribution in [1.29, 1.82) is 0 Å². The summed E-state index contributed by atoms with van der Waals surface area (Å²) >= 11 is 0. The monoisotopic (exact) mass is 336 g/mol. The number of aromatic nitrogens is 4. The summed E-state index contributed by atoms with van der Waals surface area (Å²) < 4.78 is 37.1. The fourth-order valence-electron chi connectivity index (χ4n) is 2.10. The number of alkyl halides is 2. The van der Waals surface area contributed by atoms with E-state index in [0.717, 1.165) is 12.0 Å². The van der Waals surface area contributed by atoms with Gasteiger partial charge in [-0.25, -0.2) is 18.4 Å². The first kappa shape index (κ1) is 16.1. The average molecular weight is 336 g/mol. The van der Waals surface area contributed by atoms with Crippen molar-refractivity contribution in [3.8, 4) is 5.75 Å². The minimum atomic E-state index is -2.73. The summed E-state index contributed by atoms with van der Waals surface area (Å²) in [6.45, 7) is 0.121. The largest absolute Gasteiger partial charge is 0.487 e. The summed E-state index contributed by atoms with van der Waals surface area (Å²) in [7, 11) is 0. The van der Waals surface area contributed by atoms with Gasteiger partial charge >= 0.3 is 0 Å². The van der Waals surface area contributed by atoms with E-state index in [9.17, 15) is 8.78 Å². The molecule has 0 spiro atoms. The second-order valence-corrected chi connectivity index (χ2v) is 4.97. The topological polar surface area (TPSA) is 86.2 Å². The van der Waals surface area contributed by atoms with Gasteiger partial charge in [-0.15, -0.1) is 5.10 Å².